The number of hydrogen-bond donors (Lipinski definition) is 1. The van der Waals surface area contributed by atoms with Gasteiger partial charge in [0, 0.05) is 43.1 Å². The molecule has 16 nitrogen and oxygen atoms in total. The highest BCUT2D eigenvalue weighted by molar-refractivity contribution is 6.31. The van der Waals surface area contributed by atoms with Gasteiger partial charge in [-0.3, -0.25) is 0 Å². The maximum Gasteiger partial charge on any atom is 0.168 e. The van der Waals surface area contributed by atoms with Gasteiger partial charge in [0.15, 0.2) is 35.0 Å². The van der Waals surface area contributed by atoms with Crippen molar-refractivity contribution in [3.63, 3.8) is 0 Å². The summed E-state index contributed by atoms with van der Waals surface area (Å²) in [5.41, 5.74) is 2.20. The maximum absolute atomic E-state index is 7.36. The number of aromatic amines is 1. The highest BCUT2D eigenvalue weighted by Crippen LogP contribution is 2.52. The average molecular weight is 1450 g/mol. The van der Waals surface area contributed by atoms with Crippen LogP contribution in [0.3, 0.4) is 0 Å². The van der Waals surface area contributed by atoms with E-state index in [1.807, 2.05) is 340 Å². The molecule has 16 heteroatoms. The van der Waals surface area contributed by atoms with Gasteiger partial charge in [0.2, 0.25) is 0 Å². The Hall–Kier alpha value is -15.7. The first-order chi connectivity index (χ1) is 55.5. The molecule has 4 aliphatic heterocycles. The second-order valence-electron chi connectivity index (χ2n) is 26.7. The molecule has 1 N–H and O–H groups in total. The first kappa shape index (κ1) is 64.7. The smallest absolute Gasteiger partial charge is 0.168 e. The Morgan fingerprint density at radius 3 is 0.607 bits per heavy atom. The number of aromatic nitrogens is 1. The molecule has 0 saturated carbocycles. The number of nitrogens with one attached hydrogen (secondary N) is 1. The molecule has 0 aliphatic carbocycles. The fraction of sp³-hybridized carbons (Fsp3) is 0. The van der Waals surface area contributed by atoms with Gasteiger partial charge in [0.25, 0.3) is 0 Å². The summed E-state index contributed by atoms with van der Waals surface area (Å²) in [5.74, 6) is 8.42. The van der Waals surface area contributed by atoms with Gasteiger partial charge in [0.05, 0.1) is 43.5 Å². The summed E-state index contributed by atoms with van der Waals surface area (Å²) < 4.78 is 58.8. The van der Waals surface area contributed by atoms with Crippen LogP contribution < -0.4 is 64.6 Å². The van der Waals surface area contributed by atoms with Gasteiger partial charge in [-0.1, -0.05) is 243 Å². The van der Waals surface area contributed by atoms with Crippen LogP contribution in [0.1, 0.15) is 22.3 Å². The van der Waals surface area contributed by atoms with Crippen molar-refractivity contribution in [1.29, 1.82) is 0 Å². The van der Waals surface area contributed by atoms with Crippen LogP contribution in [0.15, 0.2) is 370 Å². The zero-order valence-electron chi connectivity index (χ0n) is 59.2. The van der Waals surface area contributed by atoms with E-state index in [4.69, 9.17) is 73.2 Å². The molecule has 17 aromatic rings. The molecule has 21 rings (SSSR count). The molecule has 0 unspecified atom stereocenters. The quantitative estimate of drug-likeness (QED) is 0.0993. The number of hydrogen-bond acceptors (Lipinski definition) is 14. The first-order valence-corrected chi connectivity index (χ1v) is 36.5. The Morgan fingerprint density at radius 1 is 0.179 bits per heavy atom. The van der Waals surface area contributed by atoms with Crippen LogP contribution in [0.2, 0.25) is 0 Å². The van der Waals surface area contributed by atoms with Crippen LogP contribution >= 0.6 is 0 Å². The number of fused-ring (bicyclic) bond motifs is 20. The molecule has 1 aromatic heterocycles. The lowest BCUT2D eigenvalue weighted by Crippen LogP contribution is -2.28. The number of H-pyrrole nitrogens is 1. The summed E-state index contributed by atoms with van der Waals surface area (Å²) in [5, 5.41) is 13.0. The van der Waals surface area contributed by atoms with E-state index in [-0.39, 0.29) is 46.0 Å². The summed E-state index contributed by atoms with van der Waals surface area (Å²) >= 11 is 0. The van der Waals surface area contributed by atoms with Crippen LogP contribution in [0.25, 0.3) is 65.5 Å². The predicted octanol–water partition coefficient (Wildman–Crippen LogP) is 21.2. The lowest BCUT2D eigenvalue weighted by Gasteiger charge is -2.19. The van der Waals surface area contributed by atoms with Crippen LogP contribution in [0.4, 0.5) is 0 Å². The lowest BCUT2D eigenvalue weighted by atomic mass is 9.97. The Kier molecular flexibility index (Phi) is 15.8. The molecule has 112 heavy (non-hydrogen) atoms. The second kappa shape index (κ2) is 27.3. The van der Waals surface area contributed by atoms with Crippen molar-refractivity contribution < 1.29 is 37.9 Å². The molecule has 0 saturated heterocycles. The lowest BCUT2D eigenvalue weighted by molar-refractivity contribution is 0.471. The van der Waals surface area contributed by atoms with Crippen LogP contribution in [0, 0.1) is 0 Å². The number of aliphatic imine (C=N–C) groups is 4. The van der Waals surface area contributed by atoms with Crippen molar-refractivity contribution in [3.8, 4) is 92.0 Å². The van der Waals surface area contributed by atoms with Gasteiger partial charge in [-0.15, -0.1) is 0 Å². The highest BCUT2D eigenvalue weighted by atomic mass is 16.5. The molecular formula is C96H57N8O8. The van der Waals surface area contributed by atoms with Crippen LogP contribution in [-0.2, 0) is 0 Å². The topological polar surface area (TPSA) is 178 Å². The number of nitrogens with zero attached hydrogens (tertiary/aromatic N) is 7. The largest absolute Gasteiger partial charge is 0.456 e. The number of amidine groups is 4. The second-order valence-corrected chi connectivity index (χ2v) is 26.7. The van der Waals surface area contributed by atoms with E-state index in [2.05, 4.69) is 4.98 Å². The number of benzene rings is 16. The SMILES string of the molecule is c1ccc(Oc2c3c(c(Oc4ccccc4)c4ccccc24)C2=NC4=c5c(Oc6ccccc6)c6ccccc6c(Oc6ccccc6)c5=C([N]4)N=C4N=C(N=c5[nH]c(c6c(Oc7ccccc7)c7ccccc7c(Oc7ccccc7)c56)=NC3=N2)c2c4c(Oc3ccccc3)c3ccccc3c2Oc2ccccc2)cc1. The van der Waals surface area contributed by atoms with E-state index in [1.165, 1.54) is 0 Å². The fourth-order valence-electron chi connectivity index (χ4n) is 14.9. The third kappa shape index (κ3) is 11.4. The molecule has 529 valence electrons. The molecule has 5 heterocycles. The predicted molar refractivity (Wildman–Crippen MR) is 436 cm³/mol. The molecule has 0 fully saturated rings. The van der Waals surface area contributed by atoms with Crippen molar-refractivity contribution in [3.05, 3.63) is 383 Å². The Balaban J connectivity index is 0.995. The van der Waals surface area contributed by atoms with Crippen LogP contribution in [0.5, 0.6) is 92.0 Å². The summed E-state index contributed by atoms with van der Waals surface area (Å²) in [7, 11) is 0. The molecule has 4 aliphatic rings. The van der Waals surface area contributed by atoms with Crippen molar-refractivity contribution in [2.45, 2.75) is 0 Å². The third-order valence-electron chi connectivity index (χ3n) is 19.7. The minimum absolute atomic E-state index is 0.131. The molecule has 1 radical (unpaired) electrons. The highest BCUT2D eigenvalue weighted by Gasteiger charge is 2.39. The molecule has 16 aromatic carbocycles. The van der Waals surface area contributed by atoms with Gasteiger partial charge < -0.3 is 42.9 Å². The fourth-order valence-corrected chi connectivity index (χ4v) is 14.9. The van der Waals surface area contributed by atoms with Gasteiger partial charge >= 0.3 is 0 Å². The van der Waals surface area contributed by atoms with Gasteiger partial charge in [-0.2, -0.15) is 0 Å². The van der Waals surface area contributed by atoms with E-state index >= 15 is 0 Å². The number of para-hydroxylation sites is 8. The van der Waals surface area contributed by atoms with Crippen molar-refractivity contribution in [2.75, 3.05) is 0 Å². The summed E-state index contributed by atoms with van der Waals surface area (Å²) in [4.78, 5) is 38.9. The van der Waals surface area contributed by atoms with E-state index in [0.717, 1.165) is 0 Å². The Morgan fingerprint density at radius 2 is 0.366 bits per heavy atom. The third-order valence-corrected chi connectivity index (χ3v) is 19.7. The van der Waals surface area contributed by atoms with E-state index in [1.54, 1.807) is 0 Å². The molecule has 0 amide bonds. The molecule has 0 spiro atoms. The average Bonchev–Trinajstić information content (AvgIpc) is 1.53. The minimum Gasteiger partial charge on any atom is -0.456 e. The Labute approximate surface area is 638 Å². The zero-order valence-corrected chi connectivity index (χ0v) is 59.2. The molecule has 8 bridgehead atoms. The van der Waals surface area contributed by atoms with E-state index < -0.39 is 0 Å². The maximum atomic E-state index is 7.36. The Bertz CT molecular complexity index is 6690. The number of ether oxygens (including phenoxy) is 8. The first-order valence-electron chi connectivity index (χ1n) is 36.5. The van der Waals surface area contributed by atoms with Gasteiger partial charge in [-0.25, -0.2) is 35.3 Å². The monoisotopic (exact) mass is 1450 g/mol. The normalized spacial score (nSPS) is 13.0. The van der Waals surface area contributed by atoms with Gasteiger partial charge in [-0.05, 0) is 97.1 Å². The summed E-state index contributed by atoms with van der Waals surface area (Å²) in [6.07, 6.45) is 0. The van der Waals surface area contributed by atoms with Crippen molar-refractivity contribution in [1.82, 2.24) is 10.3 Å². The molecular weight excluding hydrogens is 1390 g/mol. The minimum atomic E-state index is 0.131. The van der Waals surface area contributed by atoms with E-state index in [9.17, 15) is 0 Å². The number of rotatable bonds is 16. The summed E-state index contributed by atoms with van der Waals surface area (Å²) in [6.45, 7) is 0. The van der Waals surface area contributed by atoms with Gasteiger partial charge in [0.1, 0.15) is 103 Å². The van der Waals surface area contributed by atoms with E-state index in [0.29, 0.717) is 179 Å². The standard InChI is InChI=1S/C96H57N8O8/c1-9-33-57(34-10-1)105-81-65-49-25-26-50-66(65)82(106-58-35-11-2-12-36-58)74-73(81)89-97-90(74)102-92-77-78(86(110-62-43-19-6-20-44-62)70-54-30-29-53-69(70)85(77)109-61-41-17-5-18-42-61)94(99-92)104-96-80-79(87(111-63-45-21-7-22-46-63)71-55-31-32-56-72(71)88(80)112-64-47-23-8-24-48-64)95(100-96)103-93-76-75(91(98-93)101-89)83(107-59-37-13-3-14-38-59)67-51-27-28-52-68(67)84(76)108-60-39-15-4-16-40-60/h1-56H,(H,97,98,99,101,102,103,104). The van der Waals surface area contributed by atoms with Crippen molar-refractivity contribution in [2.24, 2.45) is 30.0 Å². The van der Waals surface area contributed by atoms with Crippen LogP contribution in [-0.4, -0.2) is 28.3 Å². The summed E-state index contributed by atoms with van der Waals surface area (Å²) in [6, 6.07) is 109. The zero-order chi connectivity index (χ0) is 74.0. The van der Waals surface area contributed by atoms with Crippen molar-refractivity contribution >= 4 is 88.8 Å². The molecule has 0 atom stereocenters.